The van der Waals surface area contributed by atoms with Gasteiger partial charge in [-0.3, -0.25) is 9.88 Å². The lowest BCUT2D eigenvalue weighted by molar-refractivity contribution is 0.156. The highest BCUT2D eigenvalue weighted by atomic mass is 35.5. The van der Waals surface area contributed by atoms with E-state index >= 15 is 0 Å². The standard InChI is InChI=1S/C13H19N3.2ClH/c1-2-12(10-15-5-1)13(11-3-4-11)16-8-6-14-7-9-16;;/h1-2,5,10-11,13-14H,3-4,6-9H2;2*1H/t13-;;/m1../s1. The van der Waals surface area contributed by atoms with Gasteiger partial charge in [0.25, 0.3) is 0 Å². The Morgan fingerprint density at radius 3 is 2.50 bits per heavy atom. The van der Waals surface area contributed by atoms with Gasteiger partial charge in [-0.2, -0.15) is 0 Å². The fourth-order valence-electron chi connectivity index (χ4n) is 2.70. The number of piperazine rings is 1. The van der Waals surface area contributed by atoms with E-state index in [1.807, 2.05) is 12.4 Å². The molecule has 2 heterocycles. The summed E-state index contributed by atoms with van der Waals surface area (Å²) in [5.41, 5.74) is 1.41. The van der Waals surface area contributed by atoms with Crippen molar-refractivity contribution in [1.29, 1.82) is 0 Å². The highest BCUT2D eigenvalue weighted by Crippen LogP contribution is 2.44. The molecule has 1 aliphatic heterocycles. The monoisotopic (exact) mass is 289 g/mol. The molecular weight excluding hydrogens is 269 g/mol. The van der Waals surface area contributed by atoms with Gasteiger partial charge in [-0.25, -0.2) is 0 Å². The fourth-order valence-corrected chi connectivity index (χ4v) is 2.70. The minimum atomic E-state index is 0. The summed E-state index contributed by atoms with van der Waals surface area (Å²) in [7, 11) is 0. The maximum absolute atomic E-state index is 4.27. The highest BCUT2D eigenvalue weighted by Gasteiger charge is 2.36. The van der Waals surface area contributed by atoms with Gasteiger partial charge in [-0.1, -0.05) is 6.07 Å². The molecule has 0 bridgehead atoms. The van der Waals surface area contributed by atoms with Crippen molar-refractivity contribution in [2.45, 2.75) is 18.9 Å². The normalized spacial score (nSPS) is 21.6. The first-order valence-electron chi connectivity index (χ1n) is 6.30. The van der Waals surface area contributed by atoms with E-state index in [1.165, 1.54) is 31.5 Å². The van der Waals surface area contributed by atoms with E-state index in [4.69, 9.17) is 0 Å². The van der Waals surface area contributed by atoms with Crippen molar-refractivity contribution in [2.24, 2.45) is 5.92 Å². The predicted octanol–water partition coefficient (Wildman–Crippen LogP) is 2.28. The molecule has 1 aromatic heterocycles. The largest absolute Gasteiger partial charge is 0.314 e. The lowest BCUT2D eigenvalue weighted by atomic mass is 10.0. The van der Waals surface area contributed by atoms with Gasteiger partial charge in [0.1, 0.15) is 0 Å². The van der Waals surface area contributed by atoms with Crippen LogP contribution < -0.4 is 5.32 Å². The number of pyridine rings is 1. The van der Waals surface area contributed by atoms with Gasteiger partial charge in [-0.15, -0.1) is 24.8 Å². The molecule has 1 saturated heterocycles. The van der Waals surface area contributed by atoms with Crippen LogP contribution in [0.15, 0.2) is 24.5 Å². The van der Waals surface area contributed by atoms with E-state index in [9.17, 15) is 0 Å². The molecule has 0 spiro atoms. The van der Waals surface area contributed by atoms with Crippen LogP contribution in [-0.2, 0) is 0 Å². The van der Waals surface area contributed by atoms with E-state index in [0.717, 1.165) is 19.0 Å². The van der Waals surface area contributed by atoms with Crippen LogP contribution in [0.5, 0.6) is 0 Å². The van der Waals surface area contributed by atoms with E-state index in [-0.39, 0.29) is 24.8 Å². The van der Waals surface area contributed by atoms with Crippen molar-refractivity contribution in [3.8, 4) is 0 Å². The van der Waals surface area contributed by atoms with Crippen molar-refractivity contribution in [3.05, 3.63) is 30.1 Å². The molecule has 2 fully saturated rings. The van der Waals surface area contributed by atoms with Crippen molar-refractivity contribution >= 4 is 24.8 Å². The number of nitrogens with zero attached hydrogens (tertiary/aromatic N) is 2. The molecule has 3 nitrogen and oxygen atoms in total. The smallest absolute Gasteiger partial charge is 0.0392 e. The van der Waals surface area contributed by atoms with Gasteiger partial charge in [-0.05, 0) is 30.4 Å². The van der Waals surface area contributed by atoms with Gasteiger partial charge in [0, 0.05) is 44.6 Å². The molecule has 1 aromatic rings. The van der Waals surface area contributed by atoms with Crippen LogP contribution in [0.25, 0.3) is 0 Å². The van der Waals surface area contributed by atoms with Crippen LogP contribution in [0.3, 0.4) is 0 Å². The van der Waals surface area contributed by atoms with Crippen molar-refractivity contribution < 1.29 is 0 Å². The molecule has 2 aliphatic rings. The first kappa shape index (κ1) is 15.7. The first-order chi connectivity index (χ1) is 7.95. The van der Waals surface area contributed by atoms with E-state index in [1.54, 1.807) is 0 Å². The Bertz CT molecular complexity index is 337. The van der Waals surface area contributed by atoms with Crippen molar-refractivity contribution in [2.75, 3.05) is 26.2 Å². The number of hydrogen-bond acceptors (Lipinski definition) is 3. The zero-order chi connectivity index (χ0) is 10.8. The predicted molar refractivity (Wildman–Crippen MR) is 78.6 cm³/mol. The number of aromatic nitrogens is 1. The Labute approximate surface area is 121 Å². The second-order valence-corrected chi connectivity index (χ2v) is 4.85. The van der Waals surface area contributed by atoms with Gasteiger partial charge < -0.3 is 5.32 Å². The van der Waals surface area contributed by atoms with Crippen LogP contribution in [0, 0.1) is 5.92 Å². The van der Waals surface area contributed by atoms with Gasteiger partial charge in [0.05, 0.1) is 0 Å². The molecule has 0 unspecified atom stereocenters. The lowest BCUT2D eigenvalue weighted by Gasteiger charge is -2.35. The molecule has 1 saturated carbocycles. The molecule has 5 heteroatoms. The SMILES string of the molecule is Cl.Cl.c1cncc([C@@H](C2CC2)N2CCNCC2)c1. The number of hydrogen-bond donors (Lipinski definition) is 1. The maximum atomic E-state index is 4.27. The van der Waals surface area contributed by atoms with Gasteiger partial charge in [0.15, 0.2) is 0 Å². The Hall–Kier alpha value is -0.350. The molecule has 1 N–H and O–H groups in total. The summed E-state index contributed by atoms with van der Waals surface area (Å²) in [6, 6.07) is 4.92. The maximum Gasteiger partial charge on any atom is 0.0392 e. The zero-order valence-electron chi connectivity index (χ0n) is 10.4. The van der Waals surface area contributed by atoms with Crippen molar-refractivity contribution in [3.63, 3.8) is 0 Å². The van der Waals surface area contributed by atoms with E-state index in [0.29, 0.717) is 6.04 Å². The highest BCUT2D eigenvalue weighted by molar-refractivity contribution is 5.85. The van der Waals surface area contributed by atoms with Gasteiger partial charge >= 0.3 is 0 Å². The molecule has 0 radical (unpaired) electrons. The zero-order valence-corrected chi connectivity index (χ0v) is 12.1. The number of rotatable bonds is 3. The topological polar surface area (TPSA) is 28.2 Å². The molecular formula is C13H21Cl2N3. The van der Waals surface area contributed by atoms with E-state index in [2.05, 4.69) is 27.3 Å². The second-order valence-electron chi connectivity index (χ2n) is 4.85. The quantitative estimate of drug-likeness (QED) is 0.925. The average molecular weight is 290 g/mol. The minimum Gasteiger partial charge on any atom is -0.314 e. The van der Waals surface area contributed by atoms with Crippen LogP contribution in [0.2, 0.25) is 0 Å². The molecule has 1 atom stereocenters. The van der Waals surface area contributed by atoms with Crippen LogP contribution >= 0.6 is 24.8 Å². The summed E-state index contributed by atoms with van der Waals surface area (Å²) in [5.74, 6) is 0.877. The summed E-state index contributed by atoms with van der Waals surface area (Å²) in [4.78, 5) is 6.90. The Morgan fingerprint density at radius 2 is 1.94 bits per heavy atom. The Morgan fingerprint density at radius 1 is 1.22 bits per heavy atom. The van der Waals surface area contributed by atoms with Crippen LogP contribution in [0.4, 0.5) is 0 Å². The first-order valence-corrected chi connectivity index (χ1v) is 6.30. The lowest BCUT2D eigenvalue weighted by Crippen LogP contribution is -2.45. The summed E-state index contributed by atoms with van der Waals surface area (Å²) in [6.45, 7) is 4.61. The number of halogens is 2. The Balaban J connectivity index is 0.000000810. The summed E-state index contributed by atoms with van der Waals surface area (Å²) < 4.78 is 0. The van der Waals surface area contributed by atoms with Crippen LogP contribution in [0.1, 0.15) is 24.4 Å². The summed E-state index contributed by atoms with van der Waals surface area (Å²) in [6.07, 6.45) is 6.70. The third kappa shape index (κ3) is 3.58. The minimum absolute atomic E-state index is 0. The Kier molecular flexibility index (Phi) is 6.36. The third-order valence-electron chi connectivity index (χ3n) is 3.64. The summed E-state index contributed by atoms with van der Waals surface area (Å²) in [5, 5.41) is 3.42. The third-order valence-corrected chi connectivity index (χ3v) is 3.64. The summed E-state index contributed by atoms with van der Waals surface area (Å²) >= 11 is 0. The van der Waals surface area contributed by atoms with E-state index < -0.39 is 0 Å². The molecule has 102 valence electrons. The molecule has 18 heavy (non-hydrogen) atoms. The van der Waals surface area contributed by atoms with Gasteiger partial charge in [0.2, 0.25) is 0 Å². The second kappa shape index (κ2) is 7.29. The fraction of sp³-hybridized carbons (Fsp3) is 0.615. The number of nitrogens with one attached hydrogen (secondary N) is 1. The van der Waals surface area contributed by atoms with Crippen molar-refractivity contribution in [1.82, 2.24) is 15.2 Å². The average Bonchev–Trinajstić information content (AvgIpc) is 3.17. The molecule has 0 amide bonds. The molecule has 1 aliphatic carbocycles. The molecule has 3 rings (SSSR count). The molecule has 0 aromatic carbocycles. The van der Waals surface area contributed by atoms with Crippen LogP contribution in [-0.4, -0.2) is 36.1 Å².